The smallest absolute Gasteiger partial charge is 0.125 e. The van der Waals surface area contributed by atoms with Gasteiger partial charge in [0, 0.05) is 18.2 Å². The number of benzene rings is 1. The third kappa shape index (κ3) is 2.79. The third-order valence-electron chi connectivity index (χ3n) is 3.93. The quantitative estimate of drug-likeness (QED) is 0.794. The lowest BCUT2D eigenvalue weighted by atomic mass is 9.81. The van der Waals surface area contributed by atoms with Gasteiger partial charge in [0.05, 0.1) is 11.4 Å². The predicted molar refractivity (Wildman–Crippen MR) is 82.6 cm³/mol. The van der Waals surface area contributed by atoms with Crippen molar-refractivity contribution in [2.75, 3.05) is 7.11 Å². The monoisotopic (exact) mass is 281 g/mol. The number of fused-ring (bicyclic) bond motifs is 1. The summed E-state index contributed by atoms with van der Waals surface area (Å²) in [5, 5.41) is 4.18. The van der Waals surface area contributed by atoms with Crippen molar-refractivity contribution < 1.29 is 4.84 Å². The van der Waals surface area contributed by atoms with Crippen LogP contribution in [-0.4, -0.2) is 22.8 Å². The van der Waals surface area contributed by atoms with E-state index < -0.39 is 0 Å². The standard InChI is InChI=1S/C17H19N3O/c1-11-4-6-13(7-5-11)14-8-16-15(10-18-12(2)19-16)17(9-14)20-21-3/h4-7,10,14H,8-9H2,1-3H3. The second-order valence-corrected chi connectivity index (χ2v) is 5.51. The highest BCUT2D eigenvalue weighted by molar-refractivity contribution is 6.02. The van der Waals surface area contributed by atoms with Crippen molar-refractivity contribution in [1.82, 2.24) is 9.97 Å². The van der Waals surface area contributed by atoms with Crippen LogP contribution in [-0.2, 0) is 11.3 Å². The molecule has 2 aromatic rings. The predicted octanol–water partition coefficient (Wildman–Crippen LogP) is 3.17. The molecule has 0 amide bonds. The lowest BCUT2D eigenvalue weighted by molar-refractivity contribution is 0.212. The summed E-state index contributed by atoms with van der Waals surface area (Å²) in [6.45, 7) is 4.03. The molecule has 1 aliphatic carbocycles. The zero-order valence-corrected chi connectivity index (χ0v) is 12.6. The van der Waals surface area contributed by atoms with E-state index >= 15 is 0 Å². The number of oxime groups is 1. The van der Waals surface area contributed by atoms with E-state index in [0.717, 1.165) is 35.6 Å². The summed E-state index contributed by atoms with van der Waals surface area (Å²) in [4.78, 5) is 13.9. The molecule has 3 rings (SSSR count). The summed E-state index contributed by atoms with van der Waals surface area (Å²) in [6.07, 6.45) is 3.64. The van der Waals surface area contributed by atoms with E-state index in [1.807, 2.05) is 13.1 Å². The third-order valence-corrected chi connectivity index (χ3v) is 3.93. The molecule has 1 aromatic carbocycles. The molecule has 1 atom stereocenters. The van der Waals surface area contributed by atoms with Gasteiger partial charge >= 0.3 is 0 Å². The minimum absolute atomic E-state index is 0.390. The molecule has 0 bridgehead atoms. The molecule has 0 saturated heterocycles. The normalized spacial score (nSPS) is 19.4. The van der Waals surface area contributed by atoms with Crippen molar-refractivity contribution in [3.8, 4) is 0 Å². The molecule has 21 heavy (non-hydrogen) atoms. The molecule has 108 valence electrons. The topological polar surface area (TPSA) is 47.4 Å². The first-order valence-corrected chi connectivity index (χ1v) is 7.17. The molecule has 4 heteroatoms. The Labute approximate surface area is 124 Å². The van der Waals surface area contributed by atoms with Crippen molar-refractivity contribution in [3.05, 3.63) is 58.7 Å². The van der Waals surface area contributed by atoms with E-state index in [1.54, 1.807) is 7.11 Å². The van der Waals surface area contributed by atoms with E-state index in [1.165, 1.54) is 11.1 Å². The number of hydrogen-bond acceptors (Lipinski definition) is 4. The van der Waals surface area contributed by atoms with Gasteiger partial charge in [-0.2, -0.15) is 0 Å². The molecule has 0 radical (unpaired) electrons. The van der Waals surface area contributed by atoms with E-state index in [4.69, 9.17) is 4.84 Å². The second kappa shape index (κ2) is 5.64. The van der Waals surface area contributed by atoms with Crippen LogP contribution in [0.3, 0.4) is 0 Å². The lowest BCUT2D eigenvalue weighted by Crippen LogP contribution is -2.22. The maximum Gasteiger partial charge on any atom is 0.125 e. The molecule has 0 saturated carbocycles. The van der Waals surface area contributed by atoms with Crippen LogP contribution >= 0.6 is 0 Å². The van der Waals surface area contributed by atoms with Gasteiger partial charge in [-0.25, -0.2) is 9.97 Å². The molecule has 1 aliphatic rings. The van der Waals surface area contributed by atoms with E-state index in [0.29, 0.717) is 5.92 Å². The fraction of sp³-hybridized carbons (Fsp3) is 0.353. The zero-order valence-electron chi connectivity index (χ0n) is 12.6. The van der Waals surface area contributed by atoms with Gasteiger partial charge in [0.2, 0.25) is 0 Å². The Morgan fingerprint density at radius 1 is 1.14 bits per heavy atom. The highest BCUT2D eigenvalue weighted by Gasteiger charge is 2.27. The second-order valence-electron chi connectivity index (χ2n) is 5.51. The molecule has 1 heterocycles. The van der Waals surface area contributed by atoms with Crippen LogP contribution in [0, 0.1) is 13.8 Å². The maximum absolute atomic E-state index is 5.00. The Balaban J connectivity index is 2.00. The Morgan fingerprint density at radius 2 is 1.90 bits per heavy atom. The fourth-order valence-corrected chi connectivity index (χ4v) is 2.83. The number of nitrogens with zero attached hydrogens (tertiary/aromatic N) is 3. The molecular formula is C17H19N3O. The summed E-state index contributed by atoms with van der Waals surface area (Å²) in [6, 6.07) is 8.71. The van der Waals surface area contributed by atoms with Gasteiger partial charge in [0.15, 0.2) is 0 Å². The van der Waals surface area contributed by atoms with Crippen molar-refractivity contribution in [2.45, 2.75) is 32.6 Å². The van der Waals surface area contributed by atoms with E-state index in [2.05, 4.69) is 46.3 Å². The van der Waals surface area contributed by atoms with Crippen LogP contribution in [0.4, 0.5) is 0 Å². The number of rotatable bonds is 2. The summed E-state index contributed by atoms with van der Waals surface area (Å²) >= 11 is 0. The minimum Gasteiger partial charge on any atom is -0.399 e. The Kier molecular flexibility index (Phi) is 3.69. The van der Waals surface area contributed by atoms with Crippen LogP contribution in [0.5, 0.6) is 0 Å². The number of aromatic nitrogens is 2. The lowest BCUT2D eigenvalue weighted by Gasteiger charge is -2.25. The first kappa shape index (κ1) is 13.7. The first-order valence-electron chi connectivity index (χ1n) is 7.17. The van der Waals surface area contributed by atoms with Crippen molar-refractivity contribution in [3.63, 3.8) is 0 Å². The molecule has 0 spiro atoms. The number of aryl methyl sites for hydroxylation is 2. The van der Waals surface area contributed by atoms with Gasteiger partial charge in [-0.1, -0.05) is 35.0 Å². The average Bonchev–Trinajstić information content (AvgIpc) is 2.47. The molecule has 0 aliphatic heterocycles. The van der Waals surface area contributed by atoms with E-state index in [-0.39, 0.29) is 0 Å². The SMILES string of the molecule is CON=C1CC(c2ccc(C)cc2)Cc2nc(C)ncc21. The van der Waals surface area contributed by atoms with Crippen LogP contribution < -0.4 is 0 Å². The maximum atomic E-state index is 5.00. The molecule has 0 N–H and O–H groups in total. The summed E-state index contributed by atoms with van der Waals surface area (Å²) < 4.78 is 0. The Hall–Kier alpha value is -2.23. The van der Waals surface area contributed by atoms with Crippen molar-refractivity contribution >= 4 is 5.71 Å². The molecule has 0 fully saturated rings. The Bertz CT molecular complexity index is 677. The van der Waals surface area contributed by atoms with E-state index in [9.17, 15) is 0 Å². The van der Waals surface area contributed by atoms with Crippen LogP contribution in [0.1, 0.15) is 40.5 Å². The van der Waals surface area contributed by atoms with Crippen LogP contribution in [0.25, 0.3) is 0 Å². The van der Waals surface area contributed by atoms with Gasteiger partial charge in [0.25, 0.3) is 0 Å². The number of hydrogen-bond donors (Lipinski definition) is 0. The molecule has 1 unspecified atom stereocenters. The van der Waals surface area contributed by atoms with Crippen LogP contribution in [0.15, 0.2) is 35.6 Å². The molecule has 4 nitrogen and oxygen atoms in total. The van der Waals surface area contributed by atoms with Gasteiger partial charge < -0.3 is 4.84 Å². The van der Waals surface area contributed by atoms with Crippen molar-refractivity contribution in [1.29, 1.82) is 0 Å². The highest BCUT2D eigenvalue weighted by atomic mass is 16.6. The summed E-state index contributed by atoms with van der Waals surface area (Å²) in [5.41, 5.74) is 5.62. The summed E-state index contributed by atoms with van der Waals surface area (Å²) in [5.74, 6) is 1.19. The Morgan fingerprint density at radius 3 is 2.62 bits per heavy atom. The molecular weight excluding hydrogens is 262 g/mol. The van der Waals surface area contributed by atoms with Crippen LogP contribution in [0.2, 0.25) is 0 Å². The summed E-state index contributed by atoms with van der Waals surface area (Å²) in [7, 11) is 1.58. The highest BCUT2D eigenvalue weighted by Crippen LogP contribution is 2.32. The van der Waals surface area contributed by atoms with Gasteiger partial charge in [-0.15, -0.1) is 0 Å². The first-order chi connectivity index (χ1) is 10.2. The van der Waals surface area contributed by atoms with Gasteiger partial charge in [-0.05, 0) is 31.7 Å². The minimum atomic E-state index is 0.390. The van der Waals surface area contributed by atoms with Gasteiger partial charge in [0.1, 0.15) is 12.9 Å². The zero-order chi connectivity index (χ0) is 14.8. The largest absolute Gasteiger partial charge is 0.399 e. The fourth-order valence-electron chi connectivity index (χ4n) is 2.83. The molecule has 1 aromatic heterocycles. The average molecular weight is 281 g/mol. The van der Waals surface area contributed by atoms with Gasteiger partial charge in [-0.3, -0.25) is 0 Å². The van der Waals surface area contributed by atoms with Crippen molar-refractivity contribution in [2.24, 2.45) is 5.16 Å².